The van der Waals surface area contributed by atoms with Gasteiger partial charge < -0.3 is 25.8 Å². The number of urea groups is 1. The first-order chi connectivity index (χ1) is 12.4. The number of carbonyl (C=O) groups is 3. The molecular formula is C18H27N5O3. The molecule has 1 saturated heterocycles. The SMILES string of the molecule is CNC(=O)CCN(C)C(=O)Nc1cccc(NC(=O)C2CCN(C)C2)c1. The van der Waals surface area contributed by atoms with E-state index in [1.807, 2.05) is 7.05 Å². The molecule has 0 bridgehead atoms. The van der Waals surface area contributed by atoms with Gasteiger partial charge in [-0.05, 0) is 38.2 Å². The number of rotatable bonds is 6. The number of amides is 4. The molecular weight excluding hydrogens is 334 g/mol. The Morgan fingerprint density at radius 3 is 2.54 bits per heavy atom. The van der Waals surface area contributed by atoms with Gasteiger partial charge in [0.25, 0.3) is 0 Å². The molecule has 0 aromatic heterocycles. The highest BCUT2D eigenvalue weighted by Gasteiger charge is 2.26. The molecule has 8 heteroatoms. The van der Waals surface area contributed by atoms with Crippen molar-refractivity contribution in [3.63, 3.8) is 0 Å². The second kappa shape index (κ2) is 9.19. The summed E-state index contributed by atoms with van der Waals surface area (Å²) in [5, 5.41) is 8.20. The summed E-state index contributed by atoms with van der Waals surface area (Å²) in [6.45, 7) is 2.01. The number of likely N-dealkylation sites (tertiary alicyclic amines) is 1. The molecule has 1 atom stereocenters. The van der Waals surface area contributed by atoms with Crippen molar-refractivity contribution in [2.45, 2.75) is 12.8 Å². The maximum Gasteiger partial charge on any atom is 0.321 e. The van der Waals surface area contributed by atoms with Crippen molar-refractivity contribution in [3.8, 4) is 0 Å². The van der Waals surface area contributed by atoms with Gasteiger partial charge in [0, 0.05) is 45.0 Å². The van der Waals surface area contributed by atoms with Gasteiger partial charge in [0.2, 0.25) is 11.8 Å². The van der Waals surface area contributed by atoms with E-state index in [4.69, 9.17) is 0 Å². The van der Waals surface area contributed by atoms with Gasteiger partial charge in [-0.15, -0.1) is 0 Å². The van der Waals surface area contributed by atoms with Crippen LogP contribution in [-0.2, 0) is 9.59 Å². The van der Waals surface area contributed by atoms with Gasteiger partial charge in [-0.25, -0.2) is 4.79 Å². The summed E-state index contributed by atoms with van der Waals surface area (Å²) in [6.07, 6.45) is 1.10. The Morgan fingerprint density at radius 1 is 1.23 bits per heavy atom. The highest BCUT2D eigenvalue weighted by atomic mass is 16.2. The van der Waals surface area contributed by atoms with Crippen molar-refractivity contribution >= 4 is 29.2 Å². The molecule has 1 aromatic rings. The maximum absolute atomic E-state index is 12.3. The van der Waals surface area contributed by atoms with E-state index in [0.29, 0.717) is 17.9 Å². The van der Waals surface area contributed by atoms with E-state index in [1.54, 1.807) is 38.4 Å². The third-order valence-electron chi connectivity index (χ3n) is 4.44. The molecule has 2 rings (SSSR count). The van der Waals surface area contributed by atoms with Crippen molar-refractivity contribution in [2.24, 2.45) is 5.92 Å². The fraction of sp³-hybridized carbons (Fsp3) is 0.500. The Balaban J connectivity index is 1.88. The van der Waals surface area contributed by atoms with Gasteiger partial charge >= 0.3 is 6.03 Å². The van der Waals surface area contributed by atoms with Crippen LogP contribution < -0.4 is 16.0 Å². The van der Waals surface area contributed by atoms with Gasteiger partial charge in [-0.2, -0.15) is 0 Å². The Labute approximate surface area is 153 Å². The molecule has 1 unspecified atom stereocenters. The summed E-state index contributed by atoms with van der Waals surface area (Å²) in [6, 6.07) is 6.73. The summed E-state index contributed by atoms with van der Waals surface area (Å²) in [7, 11) is 5.19. The van der Waals surface area contributed by atoms with Crippen molar-refractivity contribution in [3.05, 3.63) is 24.3 Å². The number of nitrogens with zero attached hydrogens (tertiary/aromatic N) is 2. The lowest BCUT2D eigenvalue weighted by Gasteiger charge is -2.18. The van der Waals surface area contributed by atoms with Crippen LogP contribution in [0, 0.1) is 5.92 Å². The first-order valence-electron chi connectivity index (χ1n) is 8.71. The zero-order chi connectivity index (χ0) is 19.1. The third-order valence-corrected chi connectivity index (χ3v) is 4.44. The number of anilines is 2. The van der Waals surface area contributed by atoms with Crippen molar-refractivity contribution in [2.75, 3.05) is 51.4 Å². The molecule has 0 aliphatic carbocycles. The monoisotopic (exact) mass is 361 g/mol. The van der Waals surface area contributed by atoms with Crippen molar-refractivity contribution < 1.29 is 14.4 Å². The lowest BCUT2D eigenvalue weighted by molar-refractivity contribution is -0.121. The average Bonchev–Trinajstić information content (AvgIpc) is 3.06. The number of nitrogens with one attached hydrogen (secondary N) is 3. The highest BCUT2D eigenvalue weighted by molar-refractivity contribution is 5.95. The second-order valence-electron chi connectivity index (χ2n) is 6.59. The normalized spacial score (nSPS) is 16.8. The molecule has 0 spiro atoms. The Bertz CT molecular complexity index is 664. The number of hydrogen-bond donors (Lipinski definition) is 3. The summed E-state index contributed by atoms with van der Waals surface area (Å²) in [4.78, 5) is 39.3. The predicted octanol–water partition coefficient (Wildman–Crippen LogP) is 1.18. The summed E-state index contributed by atoms with van der Waals surface area (Å²) in [5.74, 6) is -0.124. The average molecular weight is 361 g/mol. The smallest absolute Gasteiger partial charge is 0.321 e. The van der Waals surface area contributed by atoms with E-state index in [2.05, 4.69) is 20.9 Å². The molecule has 1 fully saturated rings. The van der Waals surface area contributed by atoms with Crippen molar-refractivity contribution in [1.29, 1.82) is 0 Å². The fourth-order valence-electron chi connectivity index (χ4n) is 2.78. The van der Waals surface area contributed by atoms with E-state index in [1.165, 1.54) is 4.90 Å². The van der Waals surface area contributed by atoms with Gasteiger partial charge in [0.1, 0.15) is 0 Å². The Kier molecular flexibility index (Phi) is 6.97. The topological polar surface area (TPSA) is 93.8 Å². The molecule has 142 valence electrons. The molecule has 1 aliphatic heterocycles. The lowest BCUT2D eigenvalue weighted by atomic mass is 10.1. The zero-order valence-corrected chi connectivity index (χ0v) is 15.5. The zero-order valence-electron chi connectivity index (χ0n) is 15.5. The van der Waals surface area contributed by atoms with Crippen LogP contribution in [0.2, 0.25) is 0 Å². The van der Waals surface area contributed by atoms with Crippen LogP contribution in [-0.4, -0.2) is 68.4 Å². The minimum Gasteiger partial charge on any atom is -0.359 e. The molecule has 1 aromatic carbocycles. The minimum absolute atomic E-state index is 0.000484. The van der Waals surface area contributed by atoms with Crippen LogP contribution in [0.15, 0.2) is 24.3 Å². The molecule has 0 saturated carbocycles. The molecule has 0 radical (unpaired) electrons. The van der Waals surface area contributed by atoms with Gasteiger partial charge in [-0.3, -0.25) is 9.59 Å². The number of hydrogen-bond acceptors (Lipinski definition) is 4. The second-order valence-corrected chi connectivity index (χ2v) is 6.59. The molecule has 1 heterocycles. The van der Waals surface area contributed by atoms with Gasteiger partial charge in [-0.1, -0.05) is 6.07 Å². The molecule has 8 nitrogen and oxygen atoms in total. The van der Waals surface area contributed by atoms with Crippen molar-refractivity contribution in [1.82, 2.24) is 15.1 Å². The molecule has 1 aliphatic rings. The standard InChI is InChI=1S/C18H27N5O3/c1-19-16(24)8-10-23(3)18(26)21-15-6-4-5-14(11-15)20-17(25)13-7-9-22(2)12-13/h4-6,11,13H,7-10,12H2,1-3H3,(H,19,24)(H,20,25)(H,21,26). The minimum atomic E-state index is -0.310. The lowest BCUT2D eigenvalue weighted by Crippen LogP contribution is -2.34. The summed E-state index contributed by atoms with van der Waals surface area (Å²) < 4.78 is 0. The van der Waals surface area contributed by atoms with Crippen LogP contribution in [0.3, 0.4) is 0 Å². The van der Waals surface area contributed by atoms with Crippen LogP contribution in [0.4, 0.5) is 16.2 Å². The van der Waals surface area contributed by atoms with E-state index >= 15 is 0 Å². The van der Waals surface area contributed by atoms with Crippen LogP contribution in [0.5, 0.6) is 0 Å². The van der Waals surface area contributed by atoms with Gasteiger partial charge in [0.15, 0.2) is 0 Å². The third kappa shape index (κ3) is 5.73. The van der Waals surface area contributed by atoms with Crippen LogP contribution >= 0.6 is 0 Å². The highest BCUT2D eigenvalue weighted by Crippen LogP contribution is 2.19. The Morgan fingerprint density at radius 2 is 1.92 bits per heavy atom. The van der Waals surface area contributed by atoms with E-state index in [9.17, 15) is 14.4 Å². The maximum atomic E-state index is 12.3. The van der Waals surface area contributed by atoms with Crippen LogP contribution in [0.1, 0.15) is 12.8 Å². The summed E-state index contributed by atoms with van der Waals surface area (Å²) >= 11 is 0. The predicted molar refractivity (Wildman–Crippen MR) is 101 cm³/mol. The molecule has 26 heavy (non-hydrogen) atoms. The summed E-state index contributed by atoms with van der Waals surface area (Å²) in [5.41, 5.74) is 1.23. The first-order valence-corrected chi connectivity index (χ1v) is 8.71. The van der Waals surface area contributed by atoms with E-state index in [-0.39, 0.29) is 30.2 Å². The largest absolute Gasteiger partial charge is 0.359 e. The van der Waals surface area contributed by atoms with E-state index < -0.39 is 0 Å². The van der Waals surface area contributed by atoms with Crippen LogP contribution in [0.25, 0.3) is 0 Å². The molecule has 4 amide bonds. The number of benzene rings is 1. The first kappa shape index (κ1) is 19.7. The van der Waals surface area contributed by atoms with Gasteiger partial charge in [0.05, 0.1) is 5.92 Å². The van der Waals surface area contributed by atoms with E-state index in [0.717, 1.165) is 19.5 Å². The number of carbonyl (C=O) groups excluding carboxylic acids is 3. The quantitative estimate of drug-likeness (QED) is 0.709. The Hall–Kier alpha value is -2.61. The fourth-order valence-corrected chi connectivity index (χ4v) is 2.78. The molecule has 3 N–H and O–H groups in total.